The molecule has 0 aromatic heterocycles. The van der Waals surface area contributed by atoms with Crippen molar-refractivity contribution in [1.29, 1.82) is 0 Å². The van der Waals surface area contributed by atoms with Crippen molar-refractivity contribution in [2.75, 3.05) is 14.2 Å². The number of hydrogen-bond acceptors (Lipinski definition) is 4. The van der Waals surface area contributed by atoms with Crippen LogP contribution >= 0.6 is 0 Å². The van der Waals surface area contributed by atoms with E-state index in [0.29, 0.717) is 33.8 Å². The van der Waals surface area contributed by atoms with Crippen LogP contribution in [0, 0.1) is 0 Å². The molecule has 0 atom stereocenters. The molecule has 0 aliphatic rings. The van der Waals surface area contributed by atoms with Gasteiger partial charge in [0.25, 0.3) is 0 Å². The van der Waals surface area contributed by atoms with Crippen LogP contribution in [0.15, 0.2) is 72.8 Å². The zero-order valence-corrected chi connectivity index (χ0v) is 14.6. The van der Waals surface area contributed by atoms with Crippen LogP contribution in [0.25, 0.3) is 0 Å². The van der Waals surface area contributed by atoms with Gasteiger partial charge in [0, 0.05) is 11.1 Å². The van der Waals surface area contributed by atoms with Gasteiger partial charge in [0.05, 0.1) is 25.3 Å². The molecule has 130 valence electrons. The molecule has 3 aromatic carbocycles. The SMILES string of the molecule is COc1ccccc1C(=O)c1ccc(C(=O)c2ccccc2OC)cc1. The van der Waals surface area contributed by atoms with Gasteiger partial charge in [0.15, 0.2) is 11.6 Å². The highest BCUT2D eigenvalue weighted by Crippen LogP contribution is 2.23. The van der Waals surface area contributed by atoms with E-state index in [2.05, 4.69) is 0 Å². The average Bonchev–Trinajstić information content (AvgIpc) is 2.72. The summed E-state index contributed by atoms with van der Waals surface area (Å²) in [5.41, 5.74) is 1.95. The number of para-hydroxylation sites is 2. The van der Waals surface area contributed by atoms with Crippen LogP contribution in [-0.4, -0.2) is 25.8 Å². The lowest BCUT2D eigenvalue weighted by Gasteiger charge is -2.09. The molecule has 3 aromatic rings. The zero-order valence-electron chi connectivity index (χ0n) is 14.6. The smallest absolute Gasteiger partial charge is 0.196 e. The van der Waals surface area contributed by atoms with E-state index in [1.807, 2.05) is 12.1 Å². The molecule has 0 saturated carbocycles. The summed E-state index contributed by atoms with van der Waals surface area (Å²) in [6, 6.07) is 20.7. The molecular weight excluding hydrogens is 328 g/mol. The zero-order chi connectivity index (χ0) is 18.5. The van der Waals surface area contributed by atoms with Crippen LogP contribution in [0.2, 0.25) is 0 Å². The Labute approximate surface area is 152 Å². The number of carbonyl (C=O) groups is 2. The summed E-state index contributed by atoms with van der Waals surface area (Å²) >= 11 is 0. The van der Waals surface area contributed by atoms with Gasteiger partial charge in [-0.25, -0.2) is 0 Å². The maximum atomic E-state index is 12.7. The Morgan fingerprint density at radius 3 is 1.27 bits per heavy atom. The van der Waals surface area contributed by atoms with Gasteiger partial charge < -0.3 is 9.47 Å². The average molecular weight is 346 g/mol. The molecule has 0 bridgehead atoms. The third kappa shape index (κ3) is 3.35. The highest BCUT2D eigenvalue weighted by Gasteiger charge is 2.17. The van der Waals surface area contributed by atoms with Gasteiger partial charge in [-0.1, -0.05) is 48.5 Å². The van der Waals surface area contributed by atoms with Crippen LogP contribution in [0.5, 0.6) is 11.5 Å². The van der Waals surface area contributed by atoms with Gasteiger partial charge in [-0.3, -0.25) is 9.59 Å². The van der Waals surface area contributed by atoms with Crippen LogP contribution in [0.1, 0.15) is 31.8 Å². The van der Waals surface area contributed by atoms with Gasteiger partial charge in [-0.05, 0) is 24.3 Å². The van der Waals surface area contributed by atoms with E-state index < -0.39 is 0 Å². The second kappa shape index (κ2) is 7.66. The molecule has 0 radical (unpaired) electrons. The first-order valence-corrected chi connectivity index (χ1v) is 8.11. The Balaban J connectivity index is 1.89. The van der Waals surface area contributed by atoms with Crippen molar-refractivity contribution >= 4 is 11.6 Å². The Bertz CT molecular complexity index is 864. The first kappa shape index (κ1) is 17.4. The Kier molecular flexibility index (Phi) is 5.13. The summed E-state index contributed by atoms with van der Waals surface area (Å²) in [7, 11) is 3.06. The molecule has 0 saturated heterocycles. The number of ether oxygens (including phenoxy) is 2. The van der Waals surface area contributed by atoms with Crippen molar-refractivity contribution in [3.8, 4) is 11.5 Å². The van der Waals surface area contributed by atoms with Gasteiger partial charge >= 0.3 is 0 Å². The molecule has 0 aliphatic heterocycles. The van der Waals surface area contributed by atoms with Crippen molar-refractivity contribution < 1.29 is 19.1 Å². The van der Waals surface area contributed by atoms with Gasteiger partial charge in [-0.2, -0.15) is 0 Å². The summed E-state index contributed by atoms with van der Waals surface area (Å²) in [4.78, 5) is 25.4. The van der Waals surface area contributed by atoms with Crippen LogP contribution in [-0.2, 0) is 0 Å². The fraction of sp³-hybridized carbons (Fsp3) is 0.0909. The number of ketones is 2. The fourth-order valence-corrected chi connectivity index (χ4v) is 2.75. The number of carbonyl (C=O) groups excluding carboxylic acids is 2. The molecule has 0 heterocycles. The van der Waals surface area contributed by atoms with Crippen LogP contribution < -0.4 is 9.47 Å². The minimum Gasteiger partial charge on any atom is -0.496 e. The van der Waals surface area contributed by atoms with E-state index in [1.54, 1.807) is 60.7 Å². The molecule has 4 heteroatoms. The predicted octanol–water partition coefficient (Wildman–Crippen LogP) is 4.17. The monoisotopic (exact) mass is 346 g/mol. The maximum Gasteiger partial charge on any atom is 0.196 e. The molecule has 0 aliphatic carbocycles. The maximum absolute atomic E-state index is 12.7. The number of rotatable bonds is 6. The largest absolute Gasteiger partial charge is 0.496 e. The summed E-state index contributed by atoms with van der Waals surface area (Å²) in [6.45, 7) is 0. The highest BCUT2D eigenvalue weighted by molar-refractivity contribution is 6.13. The minimum atomic E-state index is -0.154. The predicted molar refractivity (Wildman–Crippen MR) is 99.3 cm³/mol. The molecule has 0 amide bonds. The van der Waals surface area contributed by atoms with Crippen LogP contribution in [0.3, 0.4) is 0 Å². The molecule has 0 fully saturated rings. The minimum absolute atomic E-state index is 0.154. The number of hydrogen-bond donors (Lipinski definition) is 0. The Hall–Kier alpha value is -3.40. The van der Waals surface area contributed by atoms with Crippen molar-refractivity contribution in [2.45, 2.75) is 0 Å². The van der Waals surface area contributed by atoms with E-state index in [-0.39, 0.29) is 11.6 Å². The van der Waals surface area contributed by atoms with Gasteiger partial charge in [0.1, 0.15) is 11.5 Å². The van der Waals surface area contributed by atoms with E-state index >= 15 is 0 Å². The van der Waals surface area contributed by atoms with Crippen LogP contribution in [0.4, 0.5) is 0 Å². The topological polar surface area (TPSA) is 52.6 Å². The Morgan fingerprint density at radius 1 is 0.577 bits per heavy atom. The quantitative estimate of drug-likeness (QED) is 0.629. The van der Waals surface area contributed by atoms with E-state index in [9.17, 15) is 9.59 Å². The first-order chi connectivity index (χ1) is 12.7. The molecule has 26 heavy (non-hydrogen) atoms. The van der Waals surface area contributed by atoms with Gasteiger partial charge in [-0.15, -0.1) is 0 Å². The third-order valence-corrected chi connectivity index (χ3v) is 4.11. The van der Waals surface area contributed by atoms with Crippen molar-refractivity contribution in [1.82, 2.24) is 0 Å². The lowest BCUT2D eigenvalue weighted by molar-refractivity contribution is 0.102. The highest BCUT2D eigenvalue weighted by atomic mass is 16.5. The molecule has 0 spiro atoms. The van der Waals surface area contributed by atoms with Gasteiger partial charge in [0.2, 0.25) is 0 Å². The van der Waals surface area contributed by atoms with Crippen molar-refractivity contribution in [2.24, 2.45) is 0 Å². The summed E-state index contributed by atoms with van der Waals surface area (Å²) in [6.07, 6.45) is 0. The fourth-order valence-electron chi connectivity index (χ4n) is 2.75. The summed E-state index contributed by atoms with van der Waals surface area (Å²) in [5.74, 6) is 0.732. The molecule has 0 unspecified atom stereocenters. The molecular formula is C22H18O4. The number of methoxy groups -OCH3 is 2. The molecule has 3 rings (SSSR count). The van der Waals surface area contributed by atoms with Crippen molar-refractivity contribution in [3.63, 3.8) is 0 Å². The van der Waals surface area contributed by atoms with Crippen molar-refractivity contribution in [3.05, 3.63) is 95.1 Å². The molecule has 4 nitrogen and oxygen atoms in total. The molecule has 0 N–H and O–H groups in total. The lowest BCUT2D eigenvalue weighted by Crippen LogP contribution is -2.06. The number of benzene rings is 3. The third-order valence-electron chi connectivity index (χ3n) is 4.11. The van der Waals surface area contributed by atoms with E-state index in [4.69, 9.17) is 9.47 Å². The second-order valence-electron chi connectivity index (χ2n) is 5.64. The summed E-state index contributed by atoms with van der Waals surface area (Å²) in [5, 5.41) is 0. The Morgan fingerprint density at radius 2 is 0.923 bits per heavy atom. The lowest BCUT2D eigenvalue weighted by atomic mass is 9.98. The van der Waals surface area contributed by atoms with E-state index in [0.717, 1.165) is 0 Å². The summed E-state index contributed by atoms with van der Waals surface area (Å²) < 4.78 is 10.5. The standard InChI is InChI=1S/C22H18O4/c1-25-19-9-5-3-7-17(19)21(23)15-11-13-16(14-12-15)22(24)18-8-4-6-10-20(18)26-2/h3-14H,1-2H3. The second-order valence-corrected chi connectivity index (χ2v) is 5.64. The van der Waals surface area contributed by atoms with E-state index in [1.165, 1.54) is 14.2 Å². The first-order valence-electron chi connectivity index (χ1n) is 8.11. The normalized spacial score (nSPS) is 10.2.